The van der Waals surface area contributed by atoms with E-state index in [-0.39, 0.29) is 12.1 Å². The van der Waals surface area contributed by atoms with Gasteiger partial charge in [0.2, 0.25) is 5.60 Å². The molecule has 3 aliphatic rings. The maximum Gasteiger partial charge on any atom is 0.347 e. The van der Waals surface area contributed by atoms with Crippen molar-refractivity contribution in [2.45, 2.75) is 82.0 Å². The molecule has 0 aromatic heterocycles. The van der Waals surface area contributed by atoms with Gasteiger partial charge < -0.3 is 13.6 Å². The van der Waals surface area contributed by atoms with E-state index < -0.39 is 13.9 Å². The third-order valence-corrected chi connectivity index (χ3v) is 9.06. The van der Waals surface area contributed by atoms with Crippen LogP contribution in [0.3, 0.4) is 0 Å². The molecule has 2 aromatic rings. The second kappa shape index (κ2) is 8.68. The lowest BCUT2D eigenvalue weighted by molar-refractivity contribution is -0.956. The average molecular weight is 465 g/mol. The number of piperidine rings is 1. The highest BCUT2D eigenvalue weighted by Gasteiger charge is 2.57. The fraction of sp³-hybridized carbons (Fsp3) is 0.536. The van der Waals surface area contributed by atoms with E-state index in [1.54, 1.807) is 0 Å². The summed E-state index contributed by atoms with van der Waals surface area (Å²) >= 11 is 0. The summed E-state index contributed by atoms with van der Waals surface area (Å²) < 4.78 is 14.6. The minimum atomic E-state index is -2.13. The molecule has 5 heteroatoms. The average Bonchev–Trinajstić information content (AvgIpc) is 3.34. The smallest absolute Gasteiger partial charge is 0.347 e. The van der Waals surface area contributed by atoms with Crippen LogP contribution >= 0.6 is 0 Å². The van der Waals surface area contributed by atoms with E-state index in [1.807, 2.05) is 60.7 Å². The number of nitrogens with zero attached hydrogens (tertiary/aromatic N) is 1. The largest absolute Gasteiger partial charge is 0.459 e. The van der Waals surface area contributed by atoms with Gasteiger partial charge in [-0.3, -0.25) is 0 Å². The monoisotopic (exact) mass is 464 g/mol. The minimum Gasteiger partial charge on any atom is -0.459 e. The molecule has 3 saturated heterocycles. The lowest BCUT2D eigenvalue weighted by Crippen LogP contribution is -2.60. The molecule has 0 radical (unpaired) electrons. The van der Waals surface area contributed by atoms with Crippen molar-refractivity contribution >= 4 is 14.3 Å². The van der Waals surface area contributed by atoms with E-state index in [0.29, 0.717) is 12.1 Å². The van der Waals surface area contributed by atoms with E-state index in [4.69, 9.17) is 9.16 Å². The summed E-state index contributed by atoms with van der Waals surface area (Å²) in [6.07, 6.45) is 7.25. The predicted molar refractivity (Wildman–Crippen MR) is 133 cm³/mol. The molecule has 33 heavy (non-hydrogen) atoms. The van der Waals surface area contributed by atoms with Gasteiger partial charge in [0, 0.05) is 38.5 Å². The number of hydrogen-bond donors (Lipinski definition) is 0. The van der Waals surface area contributed by atoms with Crippen LogP contribution in [0.4, 0.5) is 0 Å². The van der Waals surface area contributed by atoms with Crippen molar-refractivity contribution in [3.05, 3.63) is 71.8 Å². The van der Waals surface area contributed by atoms with Gasteiger partial charge in [-0.25, -0.2) is 4.79 Å². The molecule has 2 unspecified atom stereocenters. The standard InChI is InChI=1S/C28H38NO3Si/c1-33(2,3)32-28(22-12-6-4-7-13-22,23-14-8-5-9-15-23)27(30)31-26-20-24-16-17-25(21-26)29(24)18-10-11-19-29/h4-9,12-15,24-26H,10-11,16-21H2,1-3H3/q+1. The molecule has 3 fully saturated rings. The summed E-state index contributed by atoms with van der Waals surface area (Å²) in [6, 6.07) is 21.2. The van der Waals surface area contributed by atoms with Crippen molar-refractivity contribution < 1.29 is 18.4 Å². The predicted octanol–water partition coefficient (Wildman–Crippen LogP) is 5.63. The number of benzene rings is 2. The maximum absolute atomic E-state index is 14.2. The van der Waals surface area contributed by atoms with Gasteiger partial charge in [-0.15, -0.1) is 0 Å². The Kier molecular flexibility index (Phi) is 6.00. The zero-order valence-electron chi connectivity index (χ0n) is 20.3. The van der Waals surface area contributed by atoms with Gasteiger partial charge in [0.05, 0.1) is 25.2 Å². The topological polar surface area (TPSA) is 35.5 Å². The lowest BCUT2D eigenvalue weighted by Gasteiger charge is -2.47. The number of ether oxygens (including phenoxy) is 1. The Hall–Kier alpha value is -1.95. The zero-order chi connectivity index (χ0) is 23.1. The Bertz CT molecular complexity index is 910. The molecule has 0 saturated carbocycles. The van der Waals surface area contributed by atoms with Gasteiger partial charge in [-0.1, -0.05) is 60.7 Å². The fourth-order valence-electron chi connectivity index (χ4n) is 6.91. The first-order valence-corrected chi connectivity index (χ1v) is 16.1. The number of rotatable bonds is 6. The third kappa shape index (κ3) is 4.09. The number of quaternary nitrogens is 1. The molecule has 2 atom stereocenters. The molecule has 176 valence electrons. The van der Waals surface area contributed by atoms with Crippen LogP contribution in [0.5, 0.6) is 0 Å². The highest BCUT2D eigenvalue weighted by Crippen LogP contribution is 2.47. The minimum absolute atomic E-state index is 0.0172. The molecule has 5 rings (SSSR count). The SMILES string of the molecule is C[Si](C)(C)OC(C(=O)OC1CC2CCC(C1)[N+]21CCCC1)(c1ccccc1)c1ccccc1. The van der Waals surface area contributed by atoms with Crippen LogP contribution in [0.2, 0.25) is 19.6 Å². The molecule has 4 nitrogen and oxygen atoms in total. The Morgan fingerprint density at radius 3 is 1.79 bits per heavy atom. The molecular weight excluding hydrogens is 426 g/mol. The number of esters is 1. The number of carbonyl (C=O) groups excluding carboxylic acids is 1. The lowest BCUT2D eigenvalue weighted by atomic mass is 9.86. The Morgan fingerprint density at radius 1 is 0.848 bits per heavy atom. The Morgan fingerprint density at radius 2 is 1.33 bits per heavy atom. The second-order valence-electron chi connectivity index (χ2n) is 11.3. The van der Waals surface area contributed by atoms with Crippen molar-refractivity contribution in [1.82, 2.24) is 0 Å². The zero-order valence-corrected chi connectivity index (χ0v) is 21.3. The summed E-state index contributed by atoms with van der Waals surface area (Å²) in [5.74, 6) is -0.249. The first-order chi connectivity index (χ1) is 15.8. The van der Waals surface area contributed by atoms with Crippen molar-refractivity contribution in [1.29, 1.82) is 0 Å². The van der Waals surface area contributed by atoms with Gasteiger partial charge in [-0.2, -0.15) is 0 Å². The third-order valence-electron chi connectivity index (χ3n) is 8.14. The van der Waals surface area contributed by atoms with Gasteiger partial charge in [0.1, 0.15) is 6.10 Å². The molecular formula is C28H38NO3Si+. The van der Waals surface area contributed by atoms with E-state index in [9.17, 15) is 4.79 Å². The molecule has 2 aromatic carbocycles. The van der Waals surface area contributed by atoms with Gasteiger partial charge >= 0.3 is 5.97 Å². The Balaban J connectivity index is 1.49. The van der Waals surface area contributed by atoms with E-state index >= 15 is 0 Å². The van der Waals surface area contributed by atoms with Crippen LogP contribution in [0.1, 0.15) is 49.7 Å². The summed E-state index contributed by atoms with van der Waals surface area (Å²) in [7, 11) is -2.13. The van der Waals surface area contributed by atoms with Gasteiger partial charge in [0.15, 0.2) is 8.32 Å². The highest BCUT2D eigenvalue weighted by molar-refractivity contribution is 6.70. The first-order valence-electron chi connectivity index (χ1n) is 12.7. The van der Waals surface area contributed by atoms with Crippen LogP contribution < -0.4 is 0 Å². The van der Waals surface area contributed by atoms with Crippen LogP contribution in [0.15, 0.2) is 60.7 Å². The number of hydrogen-bond acceptors (Lipinski definition) is 3. The second-order valence-corrected chi connectivity index (χ2v) is 15.7. The summed E-state index contributed by atoms with van der Waals surface area (Å²) in [5, 5.41) is 0. The molecule has 0 amide bonds. The van der Waals surface area contributed by atoms with Crippen LogP contribution in [-0.2, 0) is 19.6 Å². The van der Waals surface area contributed by atoms with Crippen LogP contribution in [0.25, 0.3) is 0 Å². The van der Waals surface area contributed by atoms with Gasteiger partial charge in [-0.05, 0) is 30.8 Å². The Labute approximate surface area is 199 Å². The van der Waals surface area contributed by atoms with E-state index in [1.165, 1.54) is 43.3 Å². The fourth-order valence-corrected chi connectivity index (χ4v) is 8.15. The van der Waals surface area contributed by atoms with Crippen LogP contribution in [-0.4, -0.2) is 50.0 Å². The molecule has 0 aliphatic carbocycles. The summed E-state index contributed by atoms with van der Waals surface area (Å²) in [5.41, 5.74) is 0.472. The summed E-state index contributed by atoms with van der Waals surface area (Å²) in [4.78, 5) is 14.2. The van der Waals surface area contributed by atoms with Crippen molar-refractivity contribution in [3.8, 4) is 0 Å². The molecule has 0 N–H and O–H groups in total. The highest BCUT2D eigenvalue weighted by atomic mass is 28.4. The summed E-state index contributed by atoms with van der Waals surface area (Å²) in [6.45, 7) is 9.08. The van der Waals surface area contributed by atoms with Crippen LogP contribution in [0, 0.1) is 0 Å². The van der Waals surface area contributed by atoms with Crippen molar-refractivity contribution in [2.75, 3.05) is 13.1 Å². The van der Waals surface area contributed by atoms with Crippen molar-refractivity contribution in [2.24, 2.45) is 0 Å². The molecule has 1 spiro atoms. The molecule has 3 heterocycles. The van der Waals surface area contributed by atoms with Gasteiger partial charge in [0.25, 0.3) is 0 Å². The molecule has 3 aliphatic heterocycles. The van der Waals surface area contributed by atoms with Crippen molar-refractivity contribution in [3.63, 3.8) is 0 Å². The van der Waals surface area contributed by atoms with E-state index in [0.717, 1.165) is 24.0 Å². The molecule has 2 bridgehead atoms. The first kappa shape index (κ1) is 22.8. The quantitative estimate of drug-likeness (QED) is 0.316. The number of carbonyl (C=O) groups is 1. The maximum atomic E-state index is 14.2. The van der Waals surface area contributed by atoms with E-state index in [2.05, 4.69) is 19.6 Å². The normalized spacial score (nSPS) is 26.5.